The molecule has 0 fully saturated rings. The summed E-state index contributed by atoms with van der Waals surface area (Å²) in [5.41, 5.74) is 5.02. The van der Waals surface area contributed by atoms with Crippen LogP contribution in [-0.2, 0) is 0 Å². The summed E-state index contributed by atoms with van der Waals surface area (Å²) in [5.74, 6) is 0.100. The minimum Gasteiger partial charge on any atom is -0.266 e. The van der Waals surface area contributed by atoms with E-state index in [-0.39, 0.29) is 11.7 Å². The number of pyridine rings is 1. The molecule has 1 N–H and O–H groups in total. The maximum atomic E-state index is 13.9. The van der Waals surface area contributed by atoms with Gasteiger partial charge in [-0.05, 0) is 18.2 Å². The molecule has 4 rings (SSSR count). The second-order valence-corrected chi connectivity index (χ2v) is 6.71. The van der Waals surface area contributed by atoms with Gasteiger partial charge in [-0.15, -0.1) is 11.8 Å². The molecule has 25 heavy (non-hydrogen) atoms. The average molecular weight is 351 g/mol. The first kappa shape index (κ1) is 15.8. The van der Waals surface area contributed by atoms with Crippen LogP contribution in [0.5, 0.6) is 0 Å². The first-order valence-corrected chi connectivity index (χ1v) is 8.85. The lowest BCUT2D eigenvalue weighted by atomic mass is 10.1. The molecule has 0 atom stereocenters. The Morgan fingerprint density at radius 2 is 2.00 bits per heavy atom. The molecule has 1 aliphatic rings. The van der Waals surface area contributed by atoms with Crippen molar-refractivity contribution in [3.05, 3.63) is 71.7 Å². The number of carbonyl (C=O) groups excluding carboxylic acids is 1. The van der Waals surface area contributed by atoms with E-state index in [4.69, 9.17) is 0 Å². The van der Waals surface area contributed by atoms with E-state index in [2.05, 4.69) is 15.5 Å². The van der Waals surface area contributed by atoms with Crippen molar-refractivity contribution in [2.75, 3.05) is 5.75 Å². The fraction of sp³-hybridized carbons (Fsp3) is 0.105. The van der Waals surface area contributed by atoms with Crippen LogP contribution in [0.4, 0.5) is 4.39 Å². The summed E-state index contributed by atoms with van der Waals surface area (Å²) in [7, 11) is 0. The maximum absolute atomic E-state index is 13.9. The third kappa shape index (κ3) is 3.13. The third-order valence-electron chi connectivity index (χ3n) is 3.99. The second kappa shape index (κ2) is 6.64. The zero-order valence-corrected chi connectivity index (χ0v) is 14.0. The molecule has 2 heterocycles. The second-order valence-electron chi connectivity index (χ2n) is 5.60. The standard InChI is InChI=1S/C19H14FN3OS/c20-14-6-3-5-13-16(10-11-25-18(13)14)22-23-19(24)17-9-8-12-4-1-2-7-15(12)21-17/h1-9H,10-11H2,(H,23,24)/b22-16+. The van der Waals surface area contributed by atoms with E-state index >= 15 is 0 Å². The van der Waals surface area contributed by atoms with E-state index < -0.39 is 0 Å². The van der Waals surface area contributed by atoms with E-state index in [1.165, 1.54) is 17.8 Å². The summed E-state index contributed by atoms with van der Waals surface area (Å²) in [6, 6.07) is 16.0. The number of nitrogens with zero attached hydrogens (tertiary/aromatic N) is 2. The third-order valence-corrected chi connectivity index (χ3v) is 5.10. The number of hydrazone groups is 1. The molecule has 1 aliphatic heterocycles. The van der Waals surface area contributed by atoms with E-state index in [9.17, 15) is 9.18 Å². The topological polar surface area (TPSA) is 54.4 Å². The monoisotopic (exact) mass is 351 g/mol. The lowest BCUT2D eigenvalue weighted by molar-refractivity contribution is 0.0950. The minimum atomic E-state index is -0.380. The normalized spacial score (nSPS) is 15.2. The van der Waals surface area contributed by atoms with Gasteiger partial charge >= 0.3 is 0 Å². The maximum Gasteiger partial charge on any atom is 0.289 e. The molecular weight excluding hydrogens is 337 g/mol. The Morgan fingerprint density at radius 1 is 1.12 bits per heavy atom. The van der Waals surface area contributed by atoms with Crippen LogP contribution < -0.4 is 5.43 Å². The lowest BCUT2D eigenvalue weighted by Gasteiger charge is -2.17. The van der Waals surface area contributed by atoms with Crippen LogP contribution in [0.15, 0.2) is 64.6 Å². The molecule has 3 aromatic rings. The number of carbonyl (C=O) groups is 1. The molecular formula is C19H14FN3OS. The first-order chi connectivity index (χ1) is 12.2. The fourth-order valence-electron chi connectivity index (χ4n) is 2.75. The largest absolute Gasteiger partial charge is 0.289 e. The van der Waals surface area contributed by atoms with Gasteiger partial charge in [0.1, 0.15) is 11.5 Å². The van der Waals surface area contributed by atoms with Crippen LogP contribution in [0.1, 0.15) is 22.5 Å². The van der Waals surface area contributed by atoms with Gasteiger partial charge < -0.3 is 0 Å². The van der Waals surface area contributed by atoms with Crippen LogP contribution in [-0.4, -0.2) is 22.4 Å². The zero-order valence-electron chi connectivity index (χ0n) is 13.2. The molecule has 0 spiro atoms. The highest BCUT2D eigenvalue weighted by atomic mass is 32.2. The minimum absolute atomic E-state index is 0.252. The number of amides is 1. The predicted octanol–water partition coefficient (Wildman–Crippen LogP) is 4.00. The van der Waals surface area contributed by atoms with E-state index in [1.807, 2.05) is 36.4 Å². The Hall–Kier alpha value is -2.73. The molecule has 0 saturated heterocycles. The highest BCUT2D eigenvalue weighted by Crippen LogP contribution is 2.32. The average Bonchev–Trinajstić information content (AvgIpc) is 2.66. The molecule has 0 radical (unpaired) electrons. The van der Waals surface area contributed by atoms with Crippen molar-refractivity contribution in [1.82, 2.24) is 10.4 Å². The van der Waals surface area contributed by atoms with Gasteiger partial charge in [0.15, 0.2) is 0 Å². The Kier molecular flexibility index (Phi) is 4.19. The number of nitrogens with one attached hydrogen (secondary N) is 1. The highest BCUT2D eigenvalue weighted by molar-refractivity contribution is 7.99. The number of benzene rings is 2. The number of para-hydroxylation sites is 1. The lowest BCUT2D eigenvalue weighted by Crippen LogP contribution is -2.22. The Balaban J connectivity index is 1.59. The van der Waals surface area contributed by atoms with Crippen molar-refractivity contribution in [2.24, 2.45) is 5.10 Å². The van der Waals surface area contributed by atoms with Gasteiger partial charge in [-0.25, -0.2) is 14.8 Å². The van der Waals surface area contributed by atoms with Crippen LogP contribution in [0, 0.1) is 5.82 Å². The molecule has 1 aromatic heterocycles. The number of thioether (sulfide) groups is 1. The summed E-state index contributed by atoms with van der Waals surface area (Å²) < 4.78 is 13.9. The number of hydrogen-bond donors (Lipinski definition) is 1. The van der Waals surface area contributed by atoms with E-state index in [1.54, 1.807) is 12.1 Å². The van der Waals surface area contributed by atoms with Crippen LogP contribution in [0.25, 0.3) is 10.9 Å². The van der Waals surface area contributed by atoms with Gasteiger partial charge in [-0.3, -0.25) is 4.79 Å². The first-order valence-electron chi connectivity index (χ1n) is 7.87. The van der Waals surface area contributed by atoms with Crippen molar-refractivity contribution in [3.63, 3.8) is 0 Å². The van der Waals surface area contributed by atoms with Crippen LogP contribution in [0.2, 0.25) is 0 Å². The SMILES string of the molecule is O=C(N/N=C1\CCSc2c(F)cccc21)c1ccc2ccccc2n1. The predicted molar refractivity (Wildman–Crippen MR) is 97.5 cm³/mol. The molecule has 0 saturated carbocycles. The van der Waals surface area contributed by atoms with Gasteiger partial charge in [-0.2, -0.15) is 5.10 Å². The van der Waals surface area contributed by atoms with Crippen LogP contribution in [0.3, 0.4) is 0 Å². The van der Waals surface area contributed by atoms with Gasteiger partial charge in [0, 0.05) is 23.1 Å². The van der Waals surface area contributed by atoms with Crippen molar-refractivity contribution in [2.45, 2.75) is 11.3 Å². The van der Waals surface area contributed by atoms with Crippen molar-refractivity contribution >= 4 is 34.3 Å². The molecule has 2 aromatic carbocycles. The molecule has 0 bridgehead atoms. The van der Waals surface area contributed by atoms with Crippen molar-refractivity contribution < 1.29 is 9.18 Å². The van der Waals surface area contributed by atoms with Gasteiger partial charge in [0.2, 0.25) is 0 Å². The van der Waals surface area contributed by atoms with Crippen molar-refractivity contribution in [1.29, 1.82) is 0 Å². The summed E-state index contributed by atoms with van der Waals surface area (Å²) in [5, 5.41) is 5.19. The molecule has 4 nitrogen and oxygen atoms in total. The van der Waals surface area contributed by atoms with E-state index in [0.29, 0.717) is 22.7 Å². The Morgan fingerprint density at radius 3 is 2.92 bits per heavy atom. The van der Waals surface area contributed by atoms with Crippen molar-refractivity contribution in [3.8, 4) is 0 Å². The fourth-order valence-corrected chi connectivity index (χ4v) is 3.80. The Bertz CT molecular complexity index is 1000. The van der Waals surface area contributed by atoms with Crippen LogP contribution >= 0.6 is 11.8 Å². The molecule has 6 heteroatoms. The summed E-state index contributed by atoms with van der Waals surface area (Å²) in [6.07, 6.45) is 0.673. The number of aromatic nitrogens is 1. The number of fused-ring (bicyclic) bond motifs is 2. The quantitative estimate of drug-likeness (QED) is 0.710. The smallest absolute Gasteiger partial charge is 0.266 e. The molecule has 0 aliphatic carbocycles. The zero-order chi connectivity index (χ0) is 17.2. The molecule has 124 valence electrons. The van der Waals surface area contributed by atoms with E-state index in [0.717, 1.165) is 22.2 Å². The van der Waals surface area contributed by atoms with Gasteiger partial charge in [-0.1, -0.05) is 36.4 Å². The summed E-state index contributed by atoms with van der Waals surface area (Å²) >= 11 is 1.47. The summed E-state index contributed by atoms with van der Waals surface area (Å²) in [6.45, 7) is 0. The molecule has 0 unspecified atom stereocenters. The molecule has 1 amide bonds. The number of hydrogen-bond acceptors (Lipinski definition) is 4. The Labute approximate surface area is 148 Å². The van der Waals surface area contributed by atoms with Gasteiger partial charge in [0.25, 0.3) is 5.91 Å². The number of halogens is 1. The number of rotatable bonds is 2. The summed E-state index contributed by atoms with van der Waals surface area (Å²) in [4.78, 5) is 17.3. The van der Waals surface area contributed by atoms with Gasteiger partial charge in [0.05, 0.1) is 16.1 Å². The highest BCUT2D eigenvalue weighted by Gasteiger charge is 2.19.